The Balaban J connectivity index is 1.96. The van der Waals surface area contributed by atoms with Gasteiger partial charge in [-0.2, -0.15) is 0 Å². The van der Waals surface area contributed by atoms with E-state index < -0.39 is 5.54 Å². The van der Waals surface area contributed by atoms with Crippen molar-refractivity contribution < 1.29 is 9.90 Å². The largest absolute Gasteiger partial charge is 0.394 e. The zero-order valence-electron chi connectivity index (χ0n) is 12.1. The number of pyridine rings is 1. The highest BCUT2D eigenvalue weighted by Crippen LogP contribution is 2.32. The first kappa shape index (κ1) is 15.0. The highest BCUT2D eigenvalue weighted by Gasteiger charge is 2.35. The van der Waals surface area contributed by atoms with Crippen molar-refractivity contribution in [1.29, 1.82) is 0 Å². The summed E-state index contributed by atoms with van der Waals surface area (Å²) < 4.78 is 0. The Kier molecular flexibility index (Phi) is 5.12. The van der Waals surface area contributed by atoms with Crippen LogP contribution >= 0.6 is 0 Å². The molecule has 20 heavy (non-hydrogen) atoms. The number of hydrogen-bond donors (Lipinski definition) is 2. The van der Waals surface area contributed by atoms with Gasteiger partial charge in [0.25, 0.3) is 0 Å². The fraction of sp³-hybridized carbons (Fsp3) is 0.625. The minimum atomic E-state index is -0.496. The maximum absolute atomic E-state index is 12.2. The number of amides is 1. The fourth-order valence-electron chi connectivity index (χ4n) is 3.06. The molecule has 1 saturated carbocycles. The van der Waals surface area contributed by atoms with Gasteiger partial charge in [0.15, 0.2) is 0 Å². The maximum Gasteiger partial charge on any atom is 0.224 e. The van der Waals surface area contributed by atoms with E-state index in [2.05, 4.69) is 10.3 Å². The first-order chi connectivity index (χ1) is 9.64. The molecule has 0 radical (unpaired) electrons. The summed E-state index contributed by atoms with van der Waals surface area (Å²) in [5, 5.41) is 12.8. The standard InChI is InChI=1S/C16H24N2O2/c1-16(12-19,14-5-3-2-4-6-14)18-15(20)11-13-7-9-17-10-8-13/h7-10,14,19H,2-6,11-12H2,1H3,(H,18,20). The Labute approximate surface area is 120 Å². The van der Waals surface area contributed by atoms with Crippen LogP contribution in [0.25, 0.3) is 0 Å². The van der Waals surface area contributed by atoms with Crippen LogP contribution in [-0.2, 0) is 11.2 Å². The van der Waals surface area contributed by atoms with Gasteiger partial charge < -0.3 is 10.4 Å². The van der Waals surface area contributed by atoms with Crippen LogP contribution in [0.5, 0.6) is 0 Å². The van der Waals surface area contributed by atoms with E-state index in [0.717, 1.165) is 18.4 Å². The van der Waals surface area contributed by atoms with E-state index in [4.69, 9.17) is 0 Å². The molecule has 0 aromatic carbocycles. The number of aliphatic hydroxyl groups excluding tert-OH is 1. The number of nitrogens with zero attached hydrogens (tertiary/aromatic N) is 1. The predicted octanol–water partition coefficient (Wildman–Crippen LogP) is 2.07. The molecule has 2 N–H and O–H groups in total. The quantitative estimate of drug-likeness (QED) is 0.865. The molecule has 0 saturated heterocycles. The zero-order chi connectivity index (χ0) is 14.4. The summed E-state index contributed by atoms with van der Waals surface area (Å²) in [7, 11) is 0. The Bertz CT molecular complexity index is 429. The van der Waals surface area contributed by atoms with Gasteiger partial charge in [-0.25, -0.2) is 0 Å². The molecule has 1 aromatic heterocycles. The Morgan fingerprint density at radius 3 is 2.60 bits per heavy atom. The number of hydrogen-bond acceptors (Lipinski definition) is 3. The van der Waals surface area contributed by atoms with Gasteiger partial charge in [0.2, 0.25) is 5.91 Å². The molecule has 110 valence electrons. The van der Waals surface area contributed by atoms with Crippen LogP contribution < -0.4 is 5.32 Å². The number of carbonyl (C=O) groups is 1. The van der Waals surface area contributed by atoms with Crippen molar-refractivity contribution in [3.8, 4) is 0 Å². The van der Waals surface area contributed by atoms with Crippen LogP contribution in [0, 0.1) is 5.92 Å². The van der Waals surface area contributed by atoms with Gasteiger partial charge in [-0.05, 0) is 43.4 Å². The molecule has 1 fully saturated rings. The smallest absolute Gasteiger partial charge is 0.224 e. The summed E-state index contributed by atoms with van der Waals surface area (Å²) in [5.41, 5.74) is 0.450. The van der Waals surface area contributed by atoms with Gasteiger partial charge in [-0.15, -0.1) is 0 Å². The molecular formula is C16H24N2O2. The molecular weight excluding hydrogens is 252 g/mol. The minimum Gasteiger partial charge on any atom is -0.394 e. The maximum atomic E-state index is 12.2. The van der Waals surface area contributed by atoms with Crippen LogP contribution in [0.3, 0.4) is 0 Å². The normalized spacial score (nSPS) is 19.3. The first-order valence-electron chi connectivity index (χ1n) is 7.45. The van der Waals surface area contributed by atoms with Crippen LogP contribution in [0.15, 0.2) is 24.5 Å². The second kappa shape index (κ2) is 6.84. The van der Waals surface area contributed by atoms with Gasteiger partial charge in [0.1, 0.15) is 0 Å². The van der Waals surface area contributed by atoms with E-state index >= 15 is 0 Å². The lowest BCUT2D eigenvalue weighted by Crippen LogP contribution is -2.55. The number of aromatic nitrogens is 1. The SMILES string of the molecule is CC(CO)(NC(=O)Cc1ccncc1)C1CCCCC1. The van der Waals surface area contributed by atoms with Crippen molar-refractivity contribution in [3.05, 3.63) is 30.1 Å². The summed E-state index contributed by atoms with van der Waals surface area (Å²) in [6.45, 7) is 1.97. The number of carbonyl (C=O) groups excluding carboxylic acids is 1. The lowest BCUT2D eigenvalue weighted by atomic mass is 9.76. The third kappa shape index (κ3) is 3.79. The molecule has 1 aliphatic rings. The Hall–Kier alpha value is -1.42. The highest BCUT2D eigenvalue weighted by molar-refractivity contribution is 5.79. The third-order valence-corrected chi connectivity index (χ3v) is 4.37. The molecule has 0 aliphatic heterocycles. The molecule has 0 spiro atoms. The lowest BCUT2D eigenvalue weighted by molar-refractivity contribution is -0.123. The molecule has 1 amide bonds. The molecule has 1 aromatic rings. The highest BCUT2D eigenvalue weighted by atomic mass is 16.3. The number of rotatable bonds is 5. The molecule has 1 heterocycles. The molecule has 4 nitrogen and oxygen atoms in total. The predicted molar refractivity (Wildman–Crippen MR) is 78.1 cm³/mol. The van der Waals surface area contributed by atoms with E-state index in [9.17, 15) is 9.90 Å². The van der Waals surface area contributed by atoms with Gasteiger partial charge in [0.05, 0.1) is 18.6 Å². The van der Waals surface area contributed by atoms with E-state index in [1.54, 1.807) is 12.4 Å². The molecule has 1 aliphatic carbocycles. The van der Waals surface area contributed by atoms with Gasteiger partial charge in [0, 0.05) is 12.4 Å². The van der Waals surface area contributed by atoms with E-state index in [1.165, 1.54) is 19.3 Å². The van der Waals surface area contributed by atoms with Crippen LogP contribution in [0.2, 0.25) is 0 Å². The monoisotopic (exact) mass is 276 g/mol. The van der Waals surface area contributed by atoms with Crippen LogP contribution in [0.1, 0.15) is 44.6 Å². The Morgan fingerprint density at radius 2 is 2.00 bits per heavy atom. The molecule has 1 atom stereocenters. The average molecular weight is 276 g/mol. The van der Waals surface area contributed by atoms with Gasteiger partial charge in [-0.1, -0.05) is 19.3 Å². The fourth-order valence-corrected chi connectivity index (χ4v) is 3.06. The van der Waals surface area contributed by atoms with Crippen molar-refractivity contribution >= 4 is 5.91 Å². The summed E-state index contributed by atoms with van der Waals surface area (Å²) in [5.74, 6) is 0.348. The summed E-state index contributed by atoms with van der Waals surface area (Å²) in [6.07, 6.45) is 9.55. The van der Waals surface area contributed by atoms with Crippen molar-refractivity contribution in [1.82, 2.24) is 10.3 Å². The second-order valence-electron chi connectivity index (χ2n) is 5.99. The number of aliphatic hydroxyl groups is 1. The summed E-state index contributed by atoms with van der Waals surface area (Å²) in [6, 6.07) is 3.69. The zero-order valence-corrected chi connectivity index (χ0v) is 12.1. The molecule has 0 bridgehead atoms. The summed E-state index contributed by atoms with van der Waals surface area (Å²) >= 11 is 0. The minimum absolute atomic E-state index is 0.000246. The average Bonchev–Trinajstić information content (AvgIpc) is 2.49. The van der Waals surface area contributed by atoms with Crippen LogP contribution in [0.4, 0.5) is 0 Å². The van der Waals surface area contributed by atoms with E-state index in [-0.39, 0.29) is 12.5 Å². The first-order valence-corrected chi connectivity index (χ1v) is 7.45. The van der Waals surface area contributed by atoms with Crippen molar-refractivity contribution in [3.63, 3.8) is 0 Å². The molecule has 4 heteroatoms. The Morgan fingerprint density at radius 1 is 1.35 bits per heavy atom. The summed E-state index contributed by atoms with van der Waals surface area (Å²) in [4.78, 5) is 16.1. The lowest BCUT2D eigenvalue weighted by Gasteiger charge is -2.39. The van der Waals surface area contributed by atoms with E-state index in [0.29, 0.717) is 12.3 Å². The van der Waals surface area contributed by atoms with Crippen molar-refractivity contribution in [2.75, 3.05) is 6.61 Å². The van der Waals surface area contributed by atoms with Crippen LogP contribution in [-0.4, -0.2) is 28.1 Å². The second-order valence-corrected chi connectivity index (χ2v) is 5.99. The topological polar surface area (TPSA) is 62.2 Å². The van der Waals surface area contributed by atoms with Crippen molar-refractivity contribution in [2.45, 2.75) is 51.0 Å². The van der Waals surface area contributed by atoms with E-state index in [1.807, 2.05) is 19.1 Å². The number of nitrogens with one attached hydrogen (secondary N) is 1. The molecule has 1 unspecified atom stereocenters. The molecule has 2 rings (SSSR count). The van der Waals surface area contributed by atoms with Crippen molar-refractivity contribution in [2.24, 2.45) is 5.92 Å². The third-order valence-electron chi connectivity index (χ3n) is 4.37. The van der Waals surface area contributed by atoms with Gasteiger partial charge in [-0.3, -0.25) is 9.78 Å². The van der Waals surface area contributed by atoms with Gasteiger partial charge >= 0.3 is 0 Å².